The second-order valence-electron chi connectivity index (χ2n) is 2.51. The van der Waals surface area contributed by atoms with E-state index < -0.39 is 5.97 Å². The molecule has 0 radical (unpaired) electrons. The summed E-state index contributed by atoms with van der Waals surface area (Å²) in [5.74, 6) is 4.87. The van der Waals surface area contributed by atoms with Crippen molar-refractivity contribution in [3.63, 3.8) is 0 Å². The van der Waals surface area contributed by atoms with Gasteiger partial charge in [0.2, 0.25) is 0 Å². The Morgan fingerprint density at radius 3 is 2.93 bits per heavy atom. The molecule has 0 bridgehead atoms. The predicted octanol–water partition coefficient (Wildman–Crippen LogP) is 2.30. The van der Waals surface area contributed by atoms with Crippen LogP contribution in [0.4, 0.5) is 0 Å². The molecule has 5 heteroatoms. The molecule has 78 valence electrons. The number of nitrogens with zero attached hydrogens (tertiary/aromatic N) is 1. The first-order valence-corrected chi connectivity index (χ1v) is 4.76. The lowest BCUT2D eigenvalue weighted by molar-refractivity contribution is -0.139. The van der Waals surface area contributed by atoms with Crippen molar-refractivity contribution < 1.29 is 9.53 Å². The van der Waals surface area contributed by atoms with Gasteiger partial charge >= 0.3 is 5.97 Å². The molecule has 0 unspecified atom stereocenters. The first-order valence-electron chi connectivity index (χ1n) is 4.01. The quantitative estimate of drug-likeness (QED) is 0.432. The van der Waals surface area contributed by atoms with Gasteiger partial charge in [-0.25, -0.2) is 4.98 Å². The van der Waals surface area contributed by atoms with Crippen molar-refractivity contribution >= 4 is 29.2 Å². The van der Waals surface area contributed by atoms with Crippen LogP contribution < -0.4 is 0 Å². The Balaban J connectivity index is 2.84. The zero-order chi connectivity index (χ0) is 11.3. The average Bonchev–Trinajstić information content (AvgIpc) is 2.22. The average molecular weight is 244 g/mol. The van der Waals surface area contributed by atoms with Gasteiger partial charge in [-0.15, -0.1) is 0 Å². The Kier molecular flexibility index (Phi) is 4.41. The van der Waals surface area contributed by atoms with Crippen LogP contribution in [0.1, 0.15) is 12.0 Å². The molecule has 0 aliphatic heterocycles. The Morgan fingerprint density at radius 1 is 1.60 bits per heavy atom. The van der Waals surface area contributed by atoms with Crippen molar-refractivity contribution in [2.24, 2.45) is 0 Å². The number of pyridine rings is 1. The Labute approximate surface area is 97.4 Å². The van der Waals surface area contributed by atoms with Gasteiger partial charge in [0.1, 0.15) is 11.6 Å². The van der Waals surface area contributed by atoms with Crippen LogP contribution in [-0.2, 0) is 9.53 Å². The van der Waals surface area contributed by atoms with Crippen molar-refractivity contribution in [2.75, 3.05) is 7.11 Å². The fourth-order valence-electron chi connectivity index (χ4n) is 0.803. The Hall–Kier alpha value is -1.24. The highest BCUT2D eigenvalue weighted by molar-refractivity contribution is 6.35. The molecule has 1 aromatic rings. The minimum absolute atomic E-state index is 0.00193. The van der Waals surface area contributed by atoms with E-state index in [1.807, 2.05) is 0 Å². The molecule has 0 aliphatic rings. The van der Waals surface area contributed by atoms with Gasteiger partial charge in [-0.1, -0.05) is 35.0 Å². The molecule has 1 heterocycles. The van der Waals surface area contributed by atoms with Crippen LogP contribution in [0.2, 0.25) is 10.2 Å². The van der Waals surface area contributed by atoms with Crippen LogP contribution in [0.3, 0.4) is 0 Å². The van der Waals surface area contributed by atoms with Crippen LogP contribution in [0.5, 0.6) is 0 Å². The van der Waals surface area contributed by atoms with E-state index in [-0.39, 0.29) is 11.6 Å². The maximum Gasteiger partial charge on any atom is 0.317 e. The maximum atomic E-state index is 10.8. The highest BCUT2D eigenvalue weighted by Crippen LogP contribution is 2.20. The van der Waals surface area contributed by atoms with Crippen molar-refractivity contribution in [3.05, 3.63) is 28.0 Å². The number of esters is 1. The normalized spacial score (nSPS) is 9.00. The first-order chi connectivity index (χ1) is 7.15. The molecular weight excluding hydrogens is 237 g/mol. The van der Waals surface area contributed by atoms with Gasteiger partial charge in [-0.2, -0.15) is 0 Å². The highest BCUT2D eigenvalue weighted by atomic mass is 35.5. The van der Waals surface area contributed by atoms with Crippen LogP contribution in [-0.4, -0.2) is 18.1 Å². The predicted molar refractivity (Wildman–Crippen MR) is 57.8 cm³/mol. The molecule has 0 saturated heterocycles. The topological polar surface area (TPSA) is 39.2 Å². The fourth-order valence-corrected chi connectivity index (χ4v) is 1.25. The summed E-state index contributed by atoms with van der Waals surface area (Å²) >= 11 is 11.6. The third kappa shape index (κ3) is 3.43. The van der Waals surface area contributed by atoms with E-state index in [9.17, 15) is 4.79 Å². The zero-order valence-electron chi connectivity index (χ0n) is 7.88. The summed E-state index contributed by atoms with van der Waals surface area (Å²) in [7, 11) is 1.30. The lowest BCUT2D eigenvalue weighted by Crippen LogP contribution is -1.97. The number of halogens is 2. The monoisotopic (exact) mass is 243 g/mol. The van der Waals surface area contributed by atoms with Crippen LogP contribution in [0.15, 0.2) is 12.3 Å². The van der Waals surface area contributed by atoms with E-state index in [0.29, 0.717) is 10.6 Å². The number of ether oxygens (including phenoxy) is 1. The number of carbonyl (C=O) groups is 1. The van der Waals surface area contributed by atoms with Crippen LogP contribution in [0.25, 0.3) is 0 Å². The molecule has 1 rings (SSSR count). The standard InChI is InChI=1S/C10H7Cl2NO2/c1-15-9(14)4-2-3-7-8(11)5-6-13-10(7)12/h5-6H,4H2,1H3. The number of carbonyl (C=O) groups excluding carboxylic acids is 1. The summed E-state index contributed by atoms with van der Waals surface area (Å²) in [6.45, 7) is 0. The molecular formula is C10H7Cl2NO2. The molecule has 0 N–H and O–H groups in total. The van der Waals surface area contributed by atoms with Gasteiger partial charge in [-0.3, -0.25) is 4.79 Å². The summed E-state index contributed by atoms with van der Waals surface area (Å²) in [6.07, 6.45) is 1.48. The highest BCUT2D eigenvalue weighted by Gasteiger charge is 2.02. The minimum atomic E-state index is -0.404. The van der Waals surface area contributed by atoms with Gasteiger partial charge in [-0.05, 0) is 6.07 Å². The van der Waals surface area contributed by atoms with E-state index >= 15 is 0 Å². The molecule has 1 aromatic heterocycles. The molecule has 0 fully saturated rings. The summed E-state index contributed by atoms with van der Waals surface area (Å²) in [5.41, 5.74) is 0.421. The largest absolute Gasteiger partial charge is 0.468 e. The molecule has 0 atom stereocenters. The van der Waals surface area contributed by atoms with E-state index in [1.165, 1.54) is 13.3 Å². The van der Waals surface area contributed by atoms with E-state index in [0.717, 1.165) is 0 Å². The minimum Gasteiger partial charge on any atom is -0.468 e. The van der Waals surface area contributed by atoms with Crippen LogP contribution in [0, 0.1) is 11.8 Å². The second kappa shape index (κ2) is 5.59. The fraction of sp³-hybridized carbons (Fsp3) is 0.200. The van der Waals surface area contributed by atoms with Gasteiger partial charge in [0.15, 0.2) is 0 Å². The van der Waals surface area contributed by atoms with Gasteiger partial charge in [0.25, 0.3) is 0 Å². The Bertz CT molecular complexity index is 415. The Morgan fingerprint density at radius 2 is 2.33 bits per heavy atom. The maximum absolute atomic E-state index is 10.8. The van der Waals surface area contributed by atoms with Gasteiger partial charge < -0.3 is 4.74 Å². The summed E-state index contributed by atoms with van der Waals surface area (Å²) in [4.78, 5) is 14.6. The summed E-state index contributed by atoms with van der Waals surface area (Å²) in [5, 5.41) is 0.632. The molecule has 0 aromatic carbocycles. The van der Waals surface area contributed by atoms with E-state index in [1.54, 1.807) is 6.07 Å². The zero-order valence-corrected chi connectivity index (χ0v) is 9.39. The lowest BCUT2D eigenvalue weighted by Gasteiger charge is -1.96. The smallest absolute Gasteiger partial charge is 0.317 e. The molecule has 0 spiro atoms. The molecule has 0 saturated carbocycles. The van der Waals surface area contributed by atoms with Gasteiger partial charge in [0.05, 0.1) is 17.7 Å². The number of methoxy groups -OCH3 is 1. The summed E-state index contributed by atoms with van der Waals surface area (Å²) < 4.78 is 4.43. The van der Waals surface area contributed by atoms with Gasteiger partial charge in [0, 0.05) is 6.20 Å². The molecule has 3 nitrogen and oxygen atoms in total. The number of rotatable bonds is 1. The molecule has 0 amide bonds. The summed E-state index contributed by atoms with van der Waals surface area (Å²) in [6, 6.07) is 1.58. The van der Waals surface area contributed by atoms with Crippen molar-refractivity contribution in [3.8, 4) is 11.8 Å². The second-order valence-corrected chi connectivity index (χ2v) is 3.28. The molecule has 15 heavy (non-hydrogen) atoms. The first kappa shape index (κ1) is 11.8. The number of hydrogen-bond donors (Lipinski definition) is 0. The number of aromatic nitrogens is 1. The third-order valence-electron chi connectivity index (χ3n) is 1.53. The SMILES string of the molecule is COC(=O)CC#Cc1c(Cl)ccnc1Cl. The van der Waals surface area contributed by atoms with Crippen molar-refractivity contribution in [1.82, 2.24) is 4.98 Å². The van der Waals surface area contributed by atoms with E-state index in [2.05, 4.69) is 21.6 Å². The third-order valence-corrected chi connectivity index (χ3v) is 2.13. The molecule has 0 aliphatic carbocycles. The van der Waals surface area contributed by atoms with Crippen molar-refractivity contribution in [2.45, 2.75) is 6.42 Å². The van der Waals surface area contributed by atoms with Crippen LogP contribution >= 0.6 is 23.2 Å². The lowest BCUT2D eigenvalue weighted by atomic mass is 10.3. The van der Waals surface area contributed by atoms with Crippen molar-refractivity contribution in [1.29, 1.82) is 0 Å². The number of hydrogen-bond acceptors (Lipinski definition) is 3. The van der Waals surface area contributed by atoms with E-state index in [4.69, 9.17) is 23.2 Å².